The number of aliphatic hydroxyl groups is 1. The summed E-state index contributed by atoms with van der Waals surface area (Å²) >= 11 is 0. The summed E-state index contributed by atoms with van der Waals surface area (Å²) in [6, 6.07) is -0.129. The molecule has 23 heavy (non-hydrogen) atoms. The Bertz CT molecular complexity index is 301. The summed E-state index contributed by atoms with van der Waals surface area (Å²) in [5.41, 5.74) is 0. The van der Waals surface area contributed by atoms with Crippen LogP contribution in [0.15, 0.2) is 0 Å². The third kappa shape index (κ3) is 9.88. The van der Waals surface area contributed by atoms with Gasteiger partial charge in [0.15, 0.2) is 0 Å². The van der Waals surface area contributed by atoms with Gasteiger partial charge in [-0.1, -0.05) is 0 Å². The molecule has 0 spiro atoms. The normalized spacial score (nSPS) is 20.5. The smallest absolute Gasteiger partial charge is 0.222 e. The standard InChI is InChI=1S/C16H31NO6/c1-3-20-11-13(12-21-4-2)17-16(19)5-6-22-7-8-23-15-9-14(18)10-15/h13-15,18H,3-12H2,1-2H3,(H,17,19). The lowest BCUT2D eigenvalue weighted by Gasteiger charge is -2.31. The van der Waals surface area contributed by atoms with Gasteiger partial charge in [0.1, 0.15) is 0 Å². The Morgan fingerprint density at radius 2 is 1.74 bits per heavy atom. The summed E-state index contributed by atoms with van der Waals surface area (Å²) in [5.74, 6) is -0.0718. The first-order valence-corrected chi connectivity index (χ1v) is 8.47. The fourth-order valence-corrected chi connectivity index (χ4v) is 2.17. The zero-order chi connectivity index (χ0) is 16.9. The quantitative estimate of drug-likeness (QED) is 0.450. The summed E-state index contributed by atoms with van der Waals surface area (Å²) in [4.78, 5) is 11.9. The van der Waals surface area contributed by atoms with Crippen molar-refractivity contribution < 1.29 is 28.8 Å². The van der Waals surface area contributed by atoms with Crippen molar-refractivity contribution in [1.29, 1.82) is 0 Å². The number of amides is 1. The van der Waals surface area contributed by atoms with Crippen molar-refractivity contribution in [3.63, 3.8) is 0 Å². The summed E-state index contributed by atoms with van der Waals surface area (Å²) in [5, 5.41) is 12.0. The van der Waals surface area contributed by atoms with Gasteiger partial charge in [-0.2, -0.15) is 0 Å². The molecule has 0 unspecified atom stereocenters. The number of carbonyl (C=O) groups is 1. The van der Waals surface area contributed by atoms with Crippen molar-refractivity contribution in [2.24, 2.45) is 0 Å². The monoisotopic (exact) mass is 333 g/mol. The van der Waals surface area contributed by atoms with E-state index in [0.29, 0.717) is 65.5 Å². The summed E-state index contributed by atoms with van der Waals surface area (Å²) < 4.78 is 21.5. The van der Waals surface area contributed by atoms with Crippen LogP contribution < -0.4 is 5.32 Å². The summed E-state index contributed by atoms with van der Waals surface area (Å²) in [7, 11) is 0. The van der Waals surface area contributed by atoms with E-state index in [0.717, 1.165) is 0 Å². The van der Waals surface area contributed by atoms with Gasteiger partial charge in [-0.25, -0.2) is 0 Å². The van der Waals surface area contributed by atoms with Crippen LogP contribution in [-0.2, 0) is 23.7 Å². The van der Waals surface area contributed by atoms with Crippen LogP contribution in [0, 0.1) is 0 Å². The third-order valence-electron chi connectivity index (χ3n) is 3.54. The van der Waals surface area contributed by atoms with Gasteiger partial charge in [0, 0.05) is 19.6 Å². The van der Waals surface area contributed by atoms with Crippen LogP contribution in [0.5, 0.6) is 0 Å². The minimum Gasteiger partial charge on any atom is -0.393 e. The number of aliphatic hydroxyl groups excluding tert-OH is 1. The van der Waals surface area contributed by atoms with Crippen LogP contribution in [0.1, 0.15) is 33.1 Å². The Balaban J connectivity index is 2.00. The minimum absolute atomic E-state index is 0.0718. The van der Waals surface area contributed by atoms with Crippen molar-refractivity contribution in [3.8, 4) is 0 Å². The van der Waals surface area contributed by atoms with Crippen LogP contribution in [0.25, 0.3) is 0 Å². The highest BCUT2D eigenvalue weighted by Crippen LogP contribution is 2.22. The zero-order valence-corrected chi connectivity index (χ0v) is 14.3. The lowest BCUT2D eigenvalue weighted by Crippen LogP contribution is -2.42. The van der Waals surface area contributed by atoms with E-state index in [1.165, 1.54) is 0 Å². The van der Waals surface area contributed by atoms with Crippen LogP contribution in [0.2, 0.25) is 0 Å². The molecule has 1 fully saturated rings. The lowest BCUT2D eigenvalue weighted by atomic mass is 9.92. The van der Waals surface area contributed by atoms with Crippen molar-refractivity contribution in [2.75, 3.05) is 46.2 Å². The summed E-state index contributed by atoms with van der Waals surface area (Å²) in [6.07, 6.45) is 1.69. The van der Waals surface area contributed by atoms with Gasteiger partial charge in [0.2, 0.25) is 5.91 Å². The molecule has 0 aliphatic heterocycles. The van der Waals surface area contributed by atoms with E-state index in [1.807, 2.05) is 13.8 Å². The Morgan fingerprint density at radius 3 is 2.30 bits per heavy atom. The number of ether oxygens (including phenoxy) is 4. The molecule has 1 amide bonds. The molecule has 1 aliphatic rings. The van der Waals surface area contributed by atoms with Crippen molar-refractivity contribution in [2.45, 2.75) is 51.4 Å². The summed E-state index contributed by atoms with van der Waals surface area (Å²) in [6.45, 7) is 7.27. The lowest BCUT2D eigenvalue weighted by molar-refractivity contribution is -0.124. The van der Waals surface area contributed by atoms with E-state index in [-0.39, 0.29) is 24.2 Å². The molecule has 7 nitrogen and oxygen atoms in total. The largest absolute Gasteiger partial charge is 0.393 e. The predicted molar refractivity (Wildman–Crippen MR) is 85.3 cm³/mol. The van der Waals surface area contributed by atoms with E-state index in [2.05, 4.69) is 5.32 Å². The number of hydrogen-bond acceptors (Lipinski definition) is 6. The zero-order valence-electron chi connectivity index (χ0n) is 14.3. The van der Waals surface area contributed by atoms with E-state index in [4.69, 9.17) is 24.1 Å². The second-order valence-corrected chi connectivity index (χ2v) is 5.56. The Hall–Kier alpha value is -0.730. The molecule has 0 aromatic heterocycles. The minimum atomic E-state index is -0.203. The van der Waals surface area contributed by atoms with Crippen molar-refractivity contribution >= 4 is 5.91 Å². The van der Waals surface area contributed by atoms with Gasteiger partial charge < -0.3 is 29.4 Å². The van der Waals surface area contributed by atoms with Gasteiger partial charge in [-0.15, -0.1) is 0 Å². The maximum absolute atomic E-state index is 11.9. The van der Waals surface area contributed by atoms with Gasteiger partial charge in [-0.3, -0.25) is 4.79 Å². The second-order valence-electron chi connectivity index (χ2n) is 5.56. The van der Waals surface area contributed by atoms with Gasteiger partial charge in [-0.05, 0) is 26.7 Å². The van der Waals surface area contributed by atoms with E-state index in [1.54, 1.807) is 0 Å². The molecule has 0 aromatic carbocycles. The first-order chi connectivity index (χ1) is 11.2. The maximum atomic E-state index is 11.9. The van der Waals surface area contributed by atoms with Gasteiger partial charge >= 0.3 is 0 Å². The van der Waals surface area contributed by atoms with Gasteiger partial charge in [0.25, 0.3) is 0 Å². The highest BCUT2D eigenvalue weighted by Gasteiger charge is 2.27. The Kier molecular flexibility index (Phi) is 11.2. The Labute approximate surface area is 138 Å². The molecule has 1 aliphatic carbocycles. The molecule has 136 valence electrons. The van der Waals surface area contributed by atoms with Gasteiger partial charge in [0.05, 0.1) is 51.3 Å². The maximum Gasteiger partial charge on any atom is 0.222 e. The molecular formula is C16H31NO6. The second kappa shape index (κ2) is 12.7. The SMILES string of the molecule is CCOCC(COCC)NC(=O)CCOCCOC1CC(O)C1. The Morgan fingerprint density at radius 1 is 1.09 bits per heavy atom. The fourth-order valence-electron chi connectivity index (χ4n) is 2.17. The highest BCUT2D eigenvalue weighted by atomic mass is 16.5. The molecule has 0 saturated heterocycles. The fraction of sp³-hybridized carbons (Fsp3) is 0.938. The number of nitrogens with one attached hydrogen (secondary N) is 1. The number of hydrogen-bond donors (Lipinski definition) is 2. The molecular weight excluding hydrogens is 302 g/mol. The topological polar surface area (TPSA) is 86.3 Å². The molecule has 0 bridgehead atoms. The third-order valence-corrected chi connectivity index (χ3v) is 3.54. The number of carbonyl (C=O) groups excluding carboxylic acids is 1. The average Bonchev–Trinajstić information content (AvgIpc) is 2.51. The van der Waals surface area contributed by atoms with E-state index in [9.17, 15) is 4.79 Å². The van der Waals surface area contributed by atoms with Crippen molar-refractivity contribution in [3.05, 3.63) is 0 Å². The van der Waals surface area contributed by atoms with E-state index >= 15 is 0 Å². The van der Waals surface area contributed by atoms with Crippen LogP contribution in [0.4, 0.5) is 0 Å². The first-order valence-electron chi connectivity index (χ1n) is 8.47. The molecule has 0 radical (unpaired) electrons. The molecule has 2 N–H and O–H groups in total. The van der Waals surface area contributed by atoms with Crippen LogP contribution in [-0.4, -0.2) is 75.5 Å². The van der Waals surface area contributed by atoms with E-state index < -0.39 is 0 Å². The molecule has 0 aromatic rings. The van der Waals surface area contributed by atoms with Crippen LogP contribution >= 0.6 is 0 Å². The first kappa shape index (κ1) is 20.3. The molecule has 0 heterocycles. The highest BCUT2D eigenvalue weighted by molar-refractivity contribution is 5.76. The molecule has 1 rings (SSSR count). The number of rotatable bonds is 14. The van der Waals surface area contributed by atoms with Crippen molar-refractivity contribution in [1.82, 2.24) is 5.32 Å². The molecule has 7 heteroatoms. The average molecular weight is 333 g/mol. The molecule has 1 saturated carbocycles. The van der Waals surface area contributed by atoms with Crippen LogP contribution in [0.3, 0.4) is 0 Å². The molecule has 0 atom stereocenters. The predicted octanol–water partition coefficient (Wildman–Crippen LogP) is 0.491.